The third-order valence-electron chi connectivity index (χ3n) is 5.43. The van der Waals surface area contributed by atoms with Crippen molar-refractivity contribution in [3.63, 3.8) is 0 Å². The van der Waals surface area contributed by atoms with Gasteiger partial charge in [-0.1, -0.05) is 0 Å². The molecule has 150 valence electrons. The van der Waals surface area contributed by atoms with Crippen molar-refractivity contribution in [2.75, 3.05) is 6.54 Å². The van der Waals surface area contributed by atoms with Crippen LogP contribution in [-0.2, 0) is 9.59 Å². The van der Waals surface area contributed by atoms with Crippen molar-refractivity contribution in [3.8, 4) is 11.3 Å². The molecule has 0 spiro atoms. The van der Waals surface area contributed by atoms with Gasteiger partial charge < -0.3 is 10.3 Å². The van der Waals surface area contributed by atoms with E-state index in [1.165, 1.54) is 25.1 Å². The number of Topliss-reactive ketones (excluding diaryl/α,β-unsaturated/α-hetero) is 1. The van der Waals surface area contributed by atoms with Crippen LogP contribution in [0.3, 0.4) is 0 Å². The van der Waals surface area contributed by atoms with Crippen LogP contribution >= 0.6 is 0 Å². The molecule has 0 radical (unpaired) electrons. The summed E-state index contributed by atoms with van der Waals surface area (Å²) >= 11 is 0. The Bertz CT molecular complexity index is 1100. The molecule has 0 aliphatic heterocycles. The third kappa shape index (κ3) is 3.64. The van der Waals surface area contributed by atoms with E-state index >= 15 is 0 Å². The molecule has 1 heterocycles. The van der Waals surface area contributed by atoms with E-state index in [1.807, 2.05) is 0 Å². The molecule has 2 N–H and O–H groups in total. The first-order valence-electron chi connectivity index (χ1n) is 9.37. The van der Waals surface area contributed by atoms with Gasteiger partial charge in [0.1, 0.15) is 23.2 Å². The Balaban J connectivity index is 1.70. The van der Waals surface area contributed by atoms with Crippen LogP contribution in [0.4, 0.5) is 13.2 Å². The lowest BCUT2D eigenvalue weighted by molar-refractivity contribution is -0.129. The maximum Gasteiger partial charge on any atom is 0.223 e. The van der Waals surface area contributed by atoms with Gasteiger partial charge in [-0.25, -0.2) is 13.2 Å². The van der Waals surface area contributed by atoms with Crippen molar-refractivity contribution < 1.29 is 22.8 Å². The maximum atomic E-state index is 14.4. The summed E-state index contributed by atoms with van der Waals surface area (Å²) in [5.74, 6) is -2.45. The minimum Gasteiger partial charge on any atom is -0.352 e. The highest BCUT2D eigenvalue weighted by atomic mass is 19.1. The summed E-state index contributed by atoms with van der Waals surface area (Å²) in [6.45, 7) is 1.39. The van der Waals surface area contributed by atoms with E-state index in [9.17, 15) is 22.8 Å². The topological polar surface area (TPSA) is 62.0 Å². The van der Waals surface area contributed by atoms with Gasteiger partial charge in [0.25, 0.3) is 0 Å². The number of ketones is 1. The van der Waals surface area contributed by atoms with E-state index in [0.717, 1.165) is 11.6 Å². The predicted molar refractivity (Wildman–Crippen MR) is 103 cm³/mol. The van der Waals surface area contributed by atoms with E-state index < -0.39 is 17.5 Å². The van der Waals surface area contributed by atoms with Gasteiger partial charge in [-0.3, -0.25) is 9.59 Å². The minimum atomic E-state index is -0.704. The number of aromatic nitrogens is 1. The van der Waals surface area contributed by atoms with Crippen molar-refractivity contribution in [2.45, 2.75) is 25.7 Å². The SMILES string of the molecule is CC(=O)CNC(=O)[C@H]1C[C@H](c2c(-c3ccc(F)cc3)[nH]c3c(F)cc(F)cc32)C1. The number of nitrogens with one attached hydrogen (secondary N) is 2. The van der Waals surface area contributed by atoms with Gasteiger partial charge in [-0.2, -0.15) is 0 Å². The van der Waals surface area contributed by atoms with Crippen molar-refractivity contribution in [2.24, 2.45) is 5.92 Å². The number of hydrogen-bond acceptors (Lipinski definition) is 2. The van der Waals surface area contributed by atoms with Crippen molar-refractivity contribution in [1.29, 1.82) is 0 Å². The molecule has 3 aromatic rings. The van der Waals surface area contributed by atoms with Crippen LogP contribution in [0.1, 0.15) is 31.2 Å². The third-order valence-corrected chi connectivity index (χ3v) is 5.43. The van der Waals surface area contributed by atoms with E-state index in [0.29, 0.717) is 29.5 Å². The van der Waals surface area contributed by atoms with Crippen LogP contribution in [0.15, 0.2) is 36.4 Å². The van der Waals surface area contributed by atoms with Gasteiger partial charge in [0.15, 0.2) is 0 Å². The number of hydrogen-bond donors (Lipinski definition) is 2. The van der Waals surface area contributed by atoms with E-state index in [4.69, 9.17) is 0 Å². The summed E-state index contributed by atoms with van der Waals surface area (Å²) in [6.07, 6.45) is 1.01. The molecule has 1 amide bonds. The second-order valence-corrected chi connectivity index (χ2v) is 7.52. The average Bonchev–Trinajstić information content (AvgIpc) is 2.99. The molecule has 4 nitrogen and oxygen atoms in total. The second kappa shape index (κ2) is 7.39. The number of benzene rings is 2. The Kier molecular flexibility index (Phi) is 4.90. The van der Waals surface area contributed by atoms with Gasteiger partial charge in [0.05, 0.1) is 17.8 Å². The molecule has 0 saturated heterocycles. The molecule has 2 aromatic carbocycles. The van der Waals surface area contributed by atoms with Gasteiger partial charge in [0.2, 0.25) is 5.91 Å². The number of carbonyl (C=O) groups excluding carboxylic acids is 2. The van der Waals surface area contributed by atoms with Crippen LogP contribution in [-0.4, -0.2) is 23.2 Å². The fourth-order valence-corrected chi connectivity index (χ4v) is 3.93. The number of amides is 1. The van der Waals surface area contributed by atoms with Crippen LogP contribution in [0.5, 0.6) is 0 Å². The Morgan fingerprint density at radius 2 is 1.76 bits per heavy atom. The molecular formula is C22H19F3N2O2. The monoisotopic (exact) mass is 400 g/mol. The summed E-state index contributed by atoms with van der Waals surface area (Å²) in [5, 5.41) is 3.03. The summed E-state index contributed by atoms with van der Waals surface area (Å²) in [5.41, 5.74) is 2.16. The smallest absolute Gasteiger partial charge is 0.223 e. The first kappa shape index (κ1) is 19.2. The fourth-order valence-electron chi connectivity index (χ4n) is 3.93. The highest BCUT2D eigenvalue weighted by Gasteiger charge is 2.38. The highest BCUT2D eigenvalue weighted by Crippen LogP contribution is 2.48. The number of fused-ring (bicyclic) bond motifs is 1. The quantitative estimate of drug-likeness (QED) is 0.665. The summed E-state index contributed by atoms with van der Waals surface area (Å²) < 4.78 is 41.6. The molecule has 0 unspecified atom stereocenters. The van der Waals surface area contributed by atoms with Crippen LogP contribution in [0.25, 0.3) is 22.2 Å². The highest BCUT2D eigenvalue weighted by molar-refractivity contribution is 5.93. The average molecular weight is 400 g/mol. The molecule has 1 saturated carbocycles. The zero-order valence-corrected chi connectivity index (χ0v) is 15.7. The van der Waals surface area contributed by atoms with Crippen molar-refractivity contribution >= 4 is 22.6 Å². The molecule has 1 aliphatic rings. The molecule has 29 heavy (non-hydrogen) atoms. The lowest BCUT2D eigenvalue weighted by Gasteiger charge is -2.35. The van der Waals surface area contributed by atoms with E-state index in [2.05, 4.69) is 10.3 Å². The summed E-state index contributed by atoms with van der Waals surface area (Å²) in [6, 6.07) is 7.86. The normalized spacial score (nSPS) is 18.5. The van der Waals surface area contributed by atoms with Gasteiger partial charge in [-0.05, 0) is 67.1 Å². The van der Waals surface area contributed by atoms with Gasteiger partial charge in [-0.15, -0.1) is 0 Å². The minimum absolute atomic E-state index is 0.00959. The van der Waals surface area contributed by atoms with E-state index in [-0.39, 0.29) is 35.6 Å². The number of carbonyl (C=O) groups is 2. The van der Waals surface area contributed by atoms with Crippen LogP contribution in [0, 0.1) is 23.4 Å². The van der Waals surface area contributed by atoms with Crippen LogP contribution in [0.2, 0.25) is 0 Å². The summed E-state index contributed by atoms with van der Waals surface area (Å²) in [7, 11) is 0. The Morgan fingerprint density at radius 1 is 1.07 bits per heavy atom. The number of aromatic amines is 1. The second-order valence-electron chi connectivity index (χ2n) is 7.52. The first-order chi connectivity index (χ1) is 13.8. The Hall–Kier alpha value is -3.09. The molecule has 1 aliphatic carbocycles. The number of rotatable bonds is 5. The molecule has 0 atom stereocenters. The molecule has 7 heteroatoms. The predicted octanol–water partition coefficient (Wildman–Crippen LogP) is 4.45. The first-order valence-corrected chi connectivity index (χ1v) is 9.37. The molecule has 0 bridgehead atoms. The molecule has 1 fully saturated rings. The lowest BCUT2D eigenvalue weighted by atomic mass is 9.70. The van der Waals surface area contributed by atoms with Crippen molar-refractivity contribution in [3.05, 3.63) is 59.4 Å². The molecule has 4 rings (SSSR count). The standard InChI is InChI=1S/C22H19F3N2O2/c1-11(28)10-26-22(29)14-6-13(7-14)19-17-8-16(24)9-18(25)21(17)27-20(19)12-2-4-15(23)5-3-12/h2-5,8-9,13-14,27H,6-7,10H2,1H3,(H,26,29)/t13-,14-. The van der Waals surface area contributed by atoms with Gasteiger partial charge in [0, 0.05) is 17.4 Å². The van der Waals surface area contributed by atoms with Crippen LogP contribution < -0.4 is 5.32 Å². The zero-order chi connectivity index (χ0) is 20.7. The van der Waals surface area contributed by atoms with Crippen molar-refractivity contribution in [1.82, 2.24) is 10.3 Å². The molecular weight excluding hydrogens is 381 g/mol. The Morgan fingerprint density at radius 3 is 2.41 bits per heavy atom. The zero-order valence-electron chi connectivity index (χ0n) is 15.7. The number of H-pyrrole nitrogens is 1. The van der Waals surface area contributed by atoms with E-state index in [1.54, 1.807) is 12.1 Å². The largest absolute Gasteiger partial charge is 0.352 e. The maximum absolute atomic E-state index is 14.4. The molecule has 1 aromatic heterocycles. The lowest BCUT2D eigenvalue weighted by Crippen LogP contribution is -2.39. The summed E-state index contributed by atoms with van der Waals surface area (Å²) in [4.78, 5) is 26.2. The fraction of sp³-hybridized carbons (Fsp3) is 0.273. The Labute approximate surface area is 165 Å². The number of halogens is 3. The van der Waals surface area contributed by atoms with Gasteiger partial charge >= 0.3 is 0 Å².